The summed E-state index contributed by atoms with van der Waals surface area (Å²) in [4.78, 5) is 37.1. The molecule has 1 rings (SSSR count). The highest BCUT2D eigenvalue weighted by Crippen LogP contribution is 2.46. The molecule has 2 amide bonds. The van der Waals surface area contributed by atoms with Crippen molar-refractivity contribution in [3.8, 4) is 0 Å². The van der Waals surface area contributed by atoms with E-state index in [-0.39, 0.29) is 6.42 Å². The Morgan fingerprint density at radius 1 is 1.24 bits per heavy atom. The molecule has 1 heterocycles. The van der Waals surface area contributed by atoms with Crippen molar-refractivity contribution in [1.82, 2.24) is 0 Å². The molecule has 1 aliphatic rings. The molecule has 2 N–H and O–H groups in total. The molecule has 7 nitrogen and oxygen atoms in total. The number of unbranched alkanes of at least 4 members (excludes halogenated alkanes) is 3. The standard InChI is InChI=1S/C17H28INO6/c1-16(2,3)19(15(23)24)13(20)12(11-17(19,4)14(21)22)25-10-8-6-5-7-9-18/h12H,5-11H2,1-4H3,(H-,21,22,23,24)/p+1. The Hall–Kier alpha value is -0.740. The molecule has 1 aliphatic heterocycles. The highest BCUT2D eigenvalue weighted by atomic mass is 127. The number of imide groups is 1. The van der Waals surface area contributed by atoms with E-state index in [1.54, 1.807) is 20.8 Å². The fourth-order valence-corrected chi connectivity index (χ4v) is 4.38. The molecule has 0 aromatic heterocycles. The summed E-state index contributed by atoms with van der Waals surface area (Å²) < 4.78 is 5.59. The van der Waals surface area contributed by atoms with Crippen molar-refractivity contribution in [2.75, 3.05) is 11.0 Å². The van der Waals surface area contributed by atoms with Gasteiger partial charge < -0.3 is 14.9 Å². The van der Waals surface area contributed by atoms with E-state index in [1.165, 1.54) is 6.92 Å². The van der Waals surface area contributed by atoms with E-state index in [2.05, 4.69) is 22.6 Å². The maximum Gasteiger partial charge on any atom is 0.522 e. The molecule has 0 spiro atoms. The molecule has 3 unspecified atom stereocenters. The maximum atomic E-state index is 13.0. The lowest BCUT2D eigenvalue weighted by atomic mass is 9.89. The van der Waals surface area contributed by atoms with Gasteiger partial charge in [0.15, 0.2) is 6.10 Å². The molecule has 8 heteroatoms. The minimum absolute atomic E-state index is 0.140. The van der Waals surface area contributed by atoms with Crippen LogP contribution in [0.25, 0.3) is 0 Å². The lowest BCUT2D eigenvalue weighted by Crippen LogP contribution is -2.75. The quantitative estimate of drug-likeness (QED) is 0.244. The van der Waals surface area contributed by atoms with Crippen LogP contribution in [0.4, 0.5) is 4.79 Å². The molecule has 0 aliphatic carbocycles. The van der Waals surface area contributed by atoms with E-state index in [0.29, 0.717) is 6.61 Å². The van der Waals surface area contributed by atoms with Crippen molar-refractivity contribution in [3.63, 3.8) is 0 Å². The van der Waals surface area contributed by atoms with Crippen molar-refractivity contribution in [2.45, 2.75) is 77.0 Å². The number of carbonyl (C=O) groups is 3. The van der Waals surface area contributed by atoms with Crippen molar-refractivity contribution in [3.05, 3.63) is 0 Å². The number of aliphatic carboxylic acids is 1. The summed E-state index contributed by atoms with van der Waals surface area (Å²) in [6.07, 6.45) is 1.35. The second-order valence-corrected chi connectivity index (χ2v) is 8.79. The number of carboxylic acids is 1. The Labute approximate surface area is 162 Å². The van der Waals surface area contributed by atoms with E-state index < -0.39 is 39.6 Å². The Balaban J connectivity index is 3.03. The minimum atomic E-state index is -1.77. The zero-order valence-corrected chi connectivity index (χ0v) is 17.5. The fraction of sp³-hybridized carbons (Fsp3) is 0.824. The van der Waals surface area contributed by atoms with Gasteiger partial charge in [-0.1, -0.05) is 35.4 Å². The van der Waals surface area contributed by atoms with Gasteiger partial charge >= 0.3 is 18.0 Å². The number of nitrogens with zero attached hydrogens (tertiary/aromatic N) is 1. The number of rotatable bonds is 8. The Bertz CT molecular complexity index is 532. The second-order valence-electron chi connectivity index (χ2n) is 7.71. The Morgan fingerprint density at radius 3 is 2.20 bits per heavy atom. The molecule has 0 aromatic carbocycles. The summed E-state index contributed by atoms with van der Waals surface area (Å²) in [6, 6.07) is 0. The summed E-state index contributed by atoms with van der Waals surface area (Å²) in [6.45, 7) is 6.39. The monoisotopic (exact) mass is 470 g/mol. The van der Waals surface area contributed by atoms with Crippen molar-refractivity contribution in [2.24, 2.45) is 0 Å². The summed E-state index contributed by atoms with van der Waals surface area (Å²) in [7, 11) is 0. The SMILES string of the molecule is CC(C)(C)[N+]1(C(=O)O)C(=O)C(OCCCCCCI)CC1(C)C(=O)O. The van der Waals surface area contributed by atoms with Gasteiger partial charge in [-0.05, 0) is 38.0 Å². The summed E-state index contributed by atoms with van der Waals surface area (Å²) >= 11 is 2.32. The number of halogens is 1. The summed E-state index contributed by atoms with van der Waals surface area (Å²) in [5.74, 6) is -1.98. The normalized spacial score (nSPS) is 29.8. The van der Waals surface area contributed by atoms with Crippen LogP contribution < -0.4 is 0 Å². The lowest BCUT2D eigenvalue weighted by molar-refractivity contribution is -0.863. The number of likely N-dealkylation sites (tertiary alicyclic amines) is 1. The second kappa shape index (κ2) is 8.30. The van der Waals surface area contributed by atoms with Crippen LogP contribution in [-0.2, 0) is 14.3 Å². The largest absolute Gasteiger partial charge is 0.522 e. The van der Waals surface area contributed by atoms with Crippen LogP contribution in [0.15, 0.2) is 0 Å². The van der Waals surface area contributed by atoms with Gasteiger partial charge in [-0.25, -0.2) is 9.59 Å². The van der Waals surface area contributed by atoms with E-state index in [4.69, 9.17) is 4.74 Å². The van der Waals surface area contributed by atoms with Crippen LogP contribution in [-0.4, -0.2) is 60.9 Å². The first-order valence-electron chi connectivity index (χ1n) is 8.55. The maximum absolute atomic E-state index is 13.0. The molecule has 0 bridgehead atoms. The first-order valence-corrected chi connectivity index (χ1v) is 10.1. The zero-order chi connectivity index (χ0) is 19.5. The molecule has 0 aromatic rings. The number of hydrogen-bond donors (Lipinski definition) is 2. The molecule has 144 valence electrons. The van der Waals surface area contributed by atoms with Gasteiger partial charge in [0.05, 0.1) is 6.42 Å². The molecule has 1 fully saturated rings. The predicted octanol–water partition coefficient (Wildman–Crippen LogP) is 3.43. The summed E-state index contributed by atoms with van der Waals surface area (Å²) in [5, 5.41) is 19.6. The van der Waals surface area contributed by atoms with E-state index in [1.807, 2.05) is 0 Å². The van der Waals surface area contributed by atoms with Crippen LogP contribution in [0.3, 0.4) is 0 Å². The van der Waals surface area contributed by atoms with Gasteiger partial charge in [-0.15, -0.1) is 4.48 Å². The zero-order valence-electron chi connectivity index (χ0n) is 15.4. The average Bonchev–Trinajstić information content (AvgIpc) is 2.72. The van der Waals surface area contributed by atoms with E-state index >= 15 is 0 Å². The van der Waals surface area contributed by atoms with Crippen molar-refractivity contribution >= 4 is 40.6 Å². The Kier molecular flexibility index (Phi) is 7.41. The predicted molar refractivity (Wildman–Crippen MR) is 101 cm³/mol. The number of carbonyl (C=O) groups excluding carboxylic acids is 1. The van der Waals surface area contributed by atoms with E-state index in [0.717, 1.165) is 30.1 Å². The van der Waals surface area contributed by atoms with Gasteiger partial charge in [0, 0.05) is 13.5 Å². The molecular weight excluding hydrogens is 441 g/mol. The fourth-order valence-electron chi connectivity index (χ4n) is 3.84. The number of ether oxygens (including phenoxy) is 1. The first kappa shape index (κ1) is 22.3. The van der Waals surface area contributed by atoms with Gasteiger partial charge in [0.2, 0.25) is 5.54 Å². The minimum Gasteiger partial charge on any atom is -0.477 e. The Morgan fingerprint density at radius 2 is 1.80 bits per heavy atom. The van der Waals surface area contributed by atoms with Crippen LogP contribution in [0.2, 0.25) is 0 Å². The first-order chi connectivity index (χ1) is 11.5. The van der Waals surface area contributed by atoms with Gasteiger partial charge in [0.1, 0.15) is 5.54 Å². The highest BCUT2D eigenvalue weighted by Gasteiger charge is 2.76. The van der Waals surface area contributed by atoms with Crippen LogP contribution >= 0.6 is 22.6 Å². The number of hydrogen-bond acceptors (Lipinski definition) is 4. The van der Waals surface area contributed by atoms with Crippen LogP contribution in [0.1, 0.15) is 59.8 Å². The molecule has 3 atom stereocenters. The molecule has 1 saturated heterocycles. The van der Waals surface area contributed by atoms with Crippen LogP contribution in [0, 0.1) is 0 Å². The molecule has 0 saturated carbocycles. The van der Waals surface area contributed by atoms with E-state index in [9.17, 15) is 24.6 Å². The summed E-state index contributed by atoms with van der Waals surface area (Å²) in [5.41, 5.74) is -2.89. The molecule has 0 radical (unpaired) electrons. The lowest BCUT2D eigenvalue weighted by Gasteiger charge is -2.45. The number of quaternary nitrogens is 1. The third kappa shape index (κ3) is 3.85. The van der Waals surface area contributed by atoms with Crippen molar-refractivity contribution < 1.29 is 33.8 Å². The average molecular weight is 470 g/mol. The van der Waals surface area contributed by atoms with Gasteiger partial charge in [-0.3, -0.25) is 0 Å². The highest BCUT2D eigenvalue weighted by molar-refractivity contribution is 14.1. The van der Waals surface area contributed by atoms with Crippen molar-refractivity contribution in [1.29, 1.82) is 0 Å². The topological polar surface area (TPSA) is 101 Å². The van der Waals surface area contributed by atoms with Crippen LogP contribution in [0.5, 0.6) is 0 Å². The smallest absolute Gasteiger partial charge is 0.477 e. The number of amides is 2. The number of alkyl halides is 1. The molecule has 25 heavy (non-hydrogen) atoms. The van der Waals surface area contributed by atoms with Gasteiger partial charge in [0.25, 0.3) is 0 Å². The third-order valence-electron chi connectivity index (χ3n) is 5.03. The third-order valence-corrected chi connectivity index (χ3v) is 5.79. The number of carboxylic acid groups (broad SMARTS) is 2. The van der Waals surface area contributed by atoms with Gasteiger partial charge in [-0.2, -0.15) is 4.79 Å². The molecular formula is C17H29INO6+.